The van der Waals surface area contributed by atoms with Crippen LogP contribution in [0.15, 0.2) is 71.9 Å². The first kappa shape index (κ1) is 22.9. The number of ether oxygens (including phenoxy) is 1. The van der Waals surface area contributed by atoms with Gasteiger partial charge in [-0.1, -0.05) is 41.6 Å². The number of halogens is 1. The molecule has 6 nitrogen and oxygen atoms in total. The van der Waals surface area contributed by atoms with E-state index >= 15 is 0 Å². The van der Waals surface area contributed by atoms with E-state index in [2.05, 4.69) is 15.5 Å². The van der Waals surface area contributed by atoms with Crippen molar-refractivity contribution in [1.29, 1.82) is 0 Å². The van der Waals surface area contributed by atoms with Gasteiger partial charge >= 0.3 is 0 Å². The summed E-state index contributed by atoms with van der Waals surface area (Å²) in [6, 6.07) is 20.9. The summed E-state index contributed by atoms with van der Waals surface area (Å²) >= 11 is 7.41. The molecule has 1 aromatic heterocycles. The molecule has 1 amide bonds. The first-order valence-corrected chi connectivity index (χ1v) is 11.7. The zero-order valence-electron chi connectivity index (χ0n) is 18.5. The van der Waals surface area contributed by atoms with Crippen molar-refractivity contribution in [1.82, 2.24) is 14.8 Å². The molecule has 0 bridgehead atoms. The summed E-state index contributed by atoms with van der Waals surface area (Å²) in [7, 11) is 1.62. The highest BCUT2D eigenvalue weighted by molar-refractivity contribution is 7.99. The van der Waals surface area contributed by atoms with E-state index in [1.54, 1.807) is 7.11 Å². The summed E-state index contributed by atoms with van der Waals surface area (Å²) in [5, 5.41) is 13.0. The molecule has 0 atom stereocenters. The second-order valence-electron chi connectivity index (χ2n) is 7.49. The number of benzene rings is 3. The molecule has 0 saturated carbocycles. The number of amides is 1. The zero-order valence-corrected chi connectivity index (χ0v) is 20.1. The Morgan fingerprint density at radius 2 is 1.82 bits per heavy atom. The monoisotopic (exact) mass is 478 g/mol. The highest BCUT2D eigenvalue weighted by atomic mass is 35.5. The molecule has 0 aliphatic heterocycles. The molecule has 168 valence electrons. The number of anilines is 1. The van der Waals surface area contributed by atoms with Gasteiger partial charge in [0.2, 0.25) is 5.91 Å². The van der Waals surface area contributed by atoms with Gasteiger partial charge in [0, 0.05) is 22.0 Å². The number of carbonyl (C=O) groups excluding carboxylic acids is 1. The Morgan fingerprint density at radius 3 is 2.55 bits per heavy atom. The lowest BCUT2D eigenvalue weighted by atomic mass is 10.1. The first-order chi connectivity index (χ1) is 15.9. The summed E-state index contributed by atoms with van der Waals surface area (Å²) in [5.74, 6) is 1.45. The number of hydrogen-bond donors (Lipinski definition) is 1. The van der Waals surface area contributed by atoms with Gasteiger partial charge in [0.1, 0.15) is 5.75 Å². The second-order valence-corrected chi connectivity index (χ2v) is 8.86. The Hall–Kier alpha value is -3.29. The van der Waals surface area contributed by atoms with Crippen LogP contribution in [0.5, 0.6) is 5.75 Å². The zero-order chi connectivity index (χ0) is 23.4. The lowest BCUT2D eigenvalue weighted by Crippen LogP contribution is -2.14. The van der Waals surface area contributed by atoms with E-state index < -0.39 is 0 Å². The quantitative estimate of drug-likeness (QED) is 0.333. The third-order valence-corrected chi connectivity index (χ3v) is 6.35. The maximum atomic E-state index is 12.6. The van der Waals surface area contributed by atoms with E-state index in [1.165, 1.54) is 17.3 Å². The van der Waals surface area contributed by atoms with Crippen molar-refractivity contribution in [3.05, 3.63) is 82.9 Å². The predicted octanol–water partition coefficient (Wildman–Crippen LogP) is 5.94. The highest BCUT2D eigenvalue weighted by Gasteiger charge is 2.18. The van der Waals surface area contributed by atoms with Gasteiger partial charge in [0.05, 0.1) is 12.9 Å². The van der Waals surface area contributed by atoms with Crippen LogP contribution in [0.4, 0.5) is 5.69 Å². The molecule has 1 heterocycles. The Bertz CT molecular complexity index is 1290. The normalized spacial score (nSPS) is 10.8. The SMILES string of the molecule is COc1cccc(-c2nnc(SCC(=O)Nc3ccc(C)c(C)c3)n2-c2ccc(Cl)cc2)c1. The molecule has 0 fully saturated rings. The van der Waals surface area contributed by atoms with Crippen molar-refractivity contribution >= 4 is 35.0 Å². The molecular weight excluding hydrogens is 456 g/mol. The fraction of sp³-hybridized carbons (Fsp3) is 0.160. The van der Waals surface area contributed by atoms with Crippen molar-refractivity contribution in [2.45, 2.75) is 19.0 Å². The standard InChI is InChI=1S/C25H23ClN4O2S/c1-16-7-10-20(13-17(16)2)27-23(31)15-33-25-29-28-24(18-5-4-6-22(14-18)32-3)30(25)21-11-8-19(26)9-12-21/h4-14H,15H2,1-3H3,(H,27,31). The molecule has 3 aromatic carbocycles. The van der Waals surface area contributed by atoms with Crippen LogP contribution in [-0.4, -0.2) is 33.5 Å². The Kier molecular flexibility index (Phi) is 7.01. The van der Waals surface area contributed by atoms with E-state index in [0.717, 1.165) is 28.3 Å². The Morgan fingerprint density at radius 1 is 1.03 bits per heavy atom. The number of hydrogen-bond acceptors (Lipinski definition) is 5. The number of carbonyl (C=O) groups is 1. The smallest absolute Gasteiger partial charge is 0.234 e. The van der Waals surface area contributed by atoms with E-state index in [4.69, 9.17) is 16.3 Å². The summed E-state index contributed by atoms with van der Waals surface area (Å²) in [6.45, 7) is 4.06. The molecule has 0 saturated heterocycles. The summed E-state index contributed by atoms with van der Waals surface area (Å²) in [5.41, 5.74) is 4.79. The van der Waals surface area contributed by atoms with Gasteiger partial charge in [-0.25, -0.2) is 0 Å². The average Bonchev–Trinajstić information content (AvgIpc) is 3.24. The highest BCUT2D eigenvalue weighted by Crippen LogP contribution is 2.30. The molecule has 0 radical (unpaired) electrons. The molecule has 33 heavy (non-hydrogen) atoms. The van der Waals surface area contributed by atoms with Crippen molar-refractivity contribution in [3.63, 3.8) is 0 Å². The molecule has 0 aliphatic rings. The molecule has 4 aromatic rings. The van der Waals surface area contributed by atoms with E-state index in [0.29, 0.717) is 16.0 Å². The molecule has 8 heteroatoms. The molecular formula is C25H23ClN4O2S. The Balaban J connectivity index is 1.60. The number of nitrogens with zero attached hydrogens (tertiary/aromatic N) is 3. The molecule has 0 spiro atoms. The lowest BCUT2D eigenvalue weighted by molar-refractivity contribution is -0.113. The first-order valence-electron chi connectivity index (χ1n) is 10.3. The number of aromatic nitrogens is 3. The average molecular weight is 479 g/mol. The van der Waals surface area contributed by atoms with Gasteiger partial charge in [-0.3, -0.25) is 9.36 Å². The second kappa shape index (κ2) is 10.1. The number of rotatable bonds is 7. The van der Waals surface area contributed by atoms with Crippen LogP contribution in [0.3, 0.4) is 0 Å². The van der Waals surface area contributed by atoms with E-state index in [9.17, 15) is 4.79 Å². The van der Waals surface area contributed by atoms with Gasteiger partial charge in [-0.15, -0.1) is 10.2 Å². The van der Waals surface area contributed by atoms with Gasteiger partial charge < -0.3 is 10.1 Å². The van der Waals surface area contributed by atoms with E-state index in [-0.39, 0.29) is 11.7 Å². The van der Waals surface area contributed by atoms with Crippen molar-refractivity contribution in [3.8, 4) is 22.8 Å². The van der Waals surface area contributed by atoms with Gasteiger partial charge in [0.15, 0.2) is 11.0 Å². The fourth-order valence-electron chi connectivity index (χ4n) is 3.28. The van der Waals surface area contributed by atoms with Crippen LogP contribution < -0.4 is 10.1 Å². The third kappa shape index (κ3) is 5.38. The summed E-state index contributed by atoms with van der Waals surface area (Å²) in [4.78, 5) is 12.6. The summed E-state index contributed by atoms with van der Waals surface area (Å²) < 4.78 is 7.28. The minimum absolute atomic E-state index is 0.114. The van der Waals surface area contributed by atoms with Crippen molar-refractivity contribution < 1.29 is 9.53 Å². The minimum atomic E-state index is -0.114. The largest absolute Gasteiger partial charge is 0.497 e. The maximum Gasteiger partial charge on any atom is 0.234 e. The van der Waals surface area contributed by atoms with Crippen LogP contribution in [0.25, 0.3) is 17.1 Å². The topological polar surface area (TPSA) is 69.0 Å². The van der Waals surface area contributed by atoms with Gasteiger partial charge in [0.25, 0.3) is 0 Å². The van der Waals surface area contributed by atoms with Gasteiger partial charge in [-0.2, -0.15) is 0 Å². The summed E-state index contributed by atoms with van der Waals surface area (Å²) in [6.07, 6.45) is 0. The minimum Gasteiger partial charge on any atom is -0.497 e. The fourth-order valence-corrected chi connectivity index (χ4v) is 4.16. The van der Waals surface area contributed by atoms with Crippen LogP contribution >= 0.6 is 23.4 Å². The number of aryl methyl sites for hydroxylation is 2. The predicted molar refractivity (Wildman–Crippen MR) is 134 cm³/mol. The maximum absolute atomic E-state index is 12.6. The van der Waals surface area contributed by atoms with E-state index in [1.807, 2.05) is 85.1 Å². The van der Waals surface area contributed by atoms with Crippen LogP contribution in [-0.2, 0) is 4.79 Å². The molecule has 0 aliphatic carbocycles. The van der Waals surface area contributed by atoms with Crippen molar-refractivity contribution in [2.24, 2.45) is 0 Å². The van der Waals surface area contributed by atoms with Gasteiger partial charge in [-0.05, 0) is 73.5 Å². The number of thioether (sulfide) groups is 1. The molecule has 4 rings (SSSR count). The lowest BCUT2D eigenvalue weighted by Gasteiger charge is -2.11. The molecule has 1 N–H and O–H groups in total. The third-order valence-electron chi connectivity index (χ3n) is 5.17. The van der Waals surface area contributed by atoms with Crippen molar-refractivity contribution in [2.75, 3.05) is 18.2 Å². The Labute approximate surface area is 202 Å². The number of nitrogens with one attached hydrogen (secondary N) is 1. The van der Waals surface area contributed by atoms with Crippen LogP contribution in [0.2, 0.25) is 5.02 Å². The number of methoxy groups -OCH3 is 1. The van der Waals surface area contributed by atoms with Crippen LogP contribution in [0, 0.1) is 13.8 Å². The van der Waals surface area contributed by atoms with Crippen LogP contribution in [0.1, 0.15) is 11.1 Å². The molecule has 0 unspecified atom stereocenters.